The third-order valence-corrected chi connectivity index (χ3v) is 2.45. The van der Waals surface area contributed by atoms with Crippen LogP contribution in [0, 0.1) is 10.1 Å². The summed E-state index contributed by atoms with van der Waals surface area (Å²) in [6.07, 6.45) is 0. The SMILES string of the molecule is CC(C)Nc1ccc(-c2cccc([N+](=O)[O-])c2)nn1. The third kappa shape index (κ3) is 3.25. The van der Waals surface area contributed by atoms with E-state index in [9.17, 15) is 10.1 Å². The molecule has 6 heteroatoms. The average Bonchev–Trinajstić information content (AvgIpc) is 2.39. The fourth-order valence-electron chi connectivity index (χ4n) is 1.64. The van der Waals surface area contributed by atoms with Crippen molar-refractivity contribution in [2.45, 2.75) is 19.9 Å². The van der Waals surface area contributed by atoms with Crippen LogP contribution in [0.1, 0.15) is 13.8 Å². The fraction of sp³-hybridized carbons (Fsp3) is 0.231. The molecule has 1 aromatic carbocycles. The highest BCUT2D eigenvalue weighted by molar-refractivity contribution is 5.62. The molecule has 0 atom stereocenters. The first-order chi connectivity index (χ1) is 9.06. The number of nitrogens with zero attached hydrogens (tertiary/aromatic N) is 3. The van der Waals surface area contributed by atoms with Crippen LogP contribution in [0.15, 0.2) is 36.4 Å². The van der Waals surface area contributed by atoms with Gasteiger partial charge in [-0.05, 0) is 26.0 Å². The molecule has 0 saturated heterocycles. The molecular weight excluding hydrogens is 244 g/mol. The molecule has 0 aliphatic heterocycles. The fourth-order valence-corrected chi connectivity index (χ4v) is 1.64. The van der Waals surface area contributed by atoms with Gasteiger partial charge >= 0.3 is 0 Å². The second-order valence-electron chi connectivity index (χ2n) is 4.41. The number of non-ortho nitro benzene ring substituents is 1. The molecule has 0 bridgehead atoms. The molecular formula is C13H14N4O2. The summed E-state index contributed by atoms with van der Waals surface area (Å²) < 4.78 is 0. The predicted molar refractivity (Wildman–Crippen MR) is 72.9 cm³/mol. The monoisotopic (exact) mass is 258 g/mol. The Bertz CT molecular complexity index is 581. The predicted octanol–water partition coefficient (Wildman–Crippen LogP) is 2.87. The van der Waals surface area contributed by atoms with Crippen LogP contribution in [0.25, 0.3) is 11.3 Å². The number of nitrogens with one attached hydrogen (secondary N) is 1. The molecule has 98 valence electrons. The van der Waals surface area contributed by atoms with Crippen molar-refractivity contribution in [2.75, 3.05) is 5.32 Å². The number of benzene rings is 1. The van der Waals surface area contributed by atoms with E-state index in [1.54, 1.807) is 24.3 Å². The summed E-state index contributed by atoms with van der Waals surface area (Å²) in [4.78, 5) is 10.3. The van der Waals surface area contributed by atoms with E-state index < -0.39 is 4.92 Å². The molecule has 0 aliphatic rings. The number of aromatic nitrogens is 2. The summed E-state index contributed by atoms with van der Waals surface area (Å²) in [6, 6.07) is 10.2. The number of anilines is 1. The smallest absolute Gasteiger partial charge is 0.270 e. The lowest BCUT2D eigenvalue weighted by molar-refractivity contribution is -0.384. The molecule has 6 nitrogen and oxygen atoms in total. The summed E-state index contributed by atoms with van der Waals surface area (Å²) in [5.41, 5.74) is 1.33. The Morgan fingerprint density at radius 3 is 2.58 bits per heavy atom. The second-order valence-corrected chi connectivity index (χ2v) is 4.41. The van der Waals surface area contributed by atoms with Crippen molar-refractivity contribution in [2.24, 2.45) is 0 Å². The van der Waals surface area contributed by atoms with Crippen molar-refractivity contribution in [1.82, 2.24) is 10.2 Å². The quantitative estimate of drug-likeness (QED) is 0.673. The Hall–Kier alpha value is -2.50. The van der Waals surface area contributed by atoms with E-state index in [-0.39, 0.29) is 11.7 Å². The first kappa shape index (κ1) is 12.9. The van der Waals surface area contributed by atoms with E-state index in [0.717, 1.165) is 0 Å². The maximum Gasteiger partial charge on any atom is 0.270 e. The van der Waals surface area contributed by atoms with Gasteiger partial charge in [-0.2, -0.15) is 0 Å². The number of rotatable bonds is 4. The molecule has 0 aliphatic carbocycles. The van der Waals surface area contributed by atoms with E-state index in [4.69, 9.17) is 0 Å². The molecule has 1 N–H and O–H groups in total. The minimum atomic E-state index is -0.425. The topological polar surface area (TPSA) is 81.0 Å². The van der Waals surface area contributed by atoms with Gasteiger partial charge in [0.05, 0.1) is 10.6 Å². The molecule has 0 unspecified atom stereocenters. The van der Waals surface area contributed by atoms with Gasteiger partial charge in [0.25, 0.3) is 5.69 Å². The van der Waals surface area contributed by atoms with Crippen molar-refractivity contribution >= 4 is 11.5 Å². The summed E-state index contributed by atoms with van der Waals surface area (Å²) in [5.74, 6) is 0.684. The maximum absolute atomic E-state index is 10.7. The second kappa shape index (κ2) is 5.43. The maximum atomic E-state index is 10.7. The highest BCUT2D eigenvalue weighted by Gasteiger charge is 2.08. The lowest BCUT2D eigenvalue weighted by Crippen LogP contribution is -2.11. The molecule has 0 fully saturated rings. The molecule has 0 amide bonds. The zero-order chi connectivity index (χ0) is 13.8. The molecule has 0 spiro atoms. The van der Waals surface area contributed by atoms with Gasteiger partial charge in [0.2, 0.25) is 0 Å². The van der Waals surface area contributed by atoms with Crippen LogP contribution in [0.3, 0.4) is 0 Å². The average molecular weight is 258 g/mol. The third-order valence-electron chi connectivity index (χ3n) is 2.45. The van der Waals surface area contributed by atoms with Gasteiger partial charge in [-0.3, -0.25) is 10.1 Å². The normalized spacial score (nSPS) is 10.5. The number of nitro benzene ring substituents is 1. The van der Waals surface area contributed by atoms with Crippen LogP contribution < -0.4 is 5.32 Å². The first-order valence-electron chi connectivity index (χ1n) is 5.91. The van der Waals surface area contributed by atoms with E-state index in [1.165, 1.54) is 12.1 Å². The molecule has 2 rings (SSSR count). The van der Waals surface area contributed by atoms with Gasteiger partial charge in [0.1, 0.15) is 5.82 Å². The lowest BCUT2D eigenvalue weighted by Gasteiger charge is -2.08. The Balaban J connectivity index is 2.27. The van der Waals surface area contributed by atoms with Crippen LogP contribution in [-0.2, 0) is 0 Å². The van der Waals surface area contributed by atoms with Gasteiger partial charge in [-0.1, -0.05) is 12.1 Å². The summed E-state index contributed by atoms with van der Waals surface area (Å²) in [7, 11) is 0. The molecule has 1 aromatic heterocycles. The highest BCUT2D eigenvalue weighted by Crippen LogP contribution is 2.22. The van der Waals surface area contributed by atoms with Gasteiger partial charge in [-0.25, -0.2) is 0 Å². The number of hydrogen-bond acceptors (Lipinski definition) is 5. The van der Waals surface area contributed by atoms with Crippen LogP contribution >= 0.6 is 0 Å². The summed E-state index contributed by atoms with van der Waals surface area (Å²) >= 11 is 0. The molecule has 0 radical (unpaired) electrons. The van der Waals surface area contributed by atoms with E-state index >= 15 is 0 Å². The molecule has 2 aromatic rings. The van der Waals surface area contributed by atoms with Crippen LogP contribution in [0.5, 0.6) is 0 Å². The van der Waals surface area contributed by atoms with Crippen LogP contribution in [0.4, 0.5) is 11.5 Å². The highest BCUT2D eigenvalue weighted by atomic mass is 16.6. The molecule has 19 heavy (non-hydrogen) atoms. The van der Waals surface area contributed by atoms with E-state index in [2.05, 4.69) is 15.5 Å². The largest absolute Gasteiger partial charge is 0.366 e. The molecule has 0 saturated carbocycles. The van der Waals surface area contributed by atoms with Gasteiger partial charge < -0.3 is 5.32 Å². The van der Waals surface area contributed by atoms with Gasteiger partial charge in [0.15, 0.2) is 0 Å². The number of hydrogen-bond donors (Lipinski definition) is 1. The first-order valence-corrected chi connectivity index (χ1v) is 5.91. The van der Waals surface area contributed by atoms with Crippen LogP contribution in [-0.4, -0.2) is 21.2 Å². The Kier molecular flexibility index (Phi) is 3.70. The van der Waals surface area contributed by atoms with Crippen molar-refractivity contribution in [3.05, 3.63) is 46.5 Å². The Morgan fingerprint density at radius 1 is 1.21 bits per heavy atom. The lowest BCUT2D eigenvalue weighted by atomic mass is 10.1. The van der Waals surface area contributed by atoms with Crippen molar-refractivity contribution in [1.29, 1.82) is 0 Å². The minimum Gasteiger partial charge on any atom is -0.366 e. The van der Waals surface area contributed by atoms with Crippen molar-refractivity contribution in [3.63, 3.8) is 0 Å². The van der Waals surface area contributed by atoms with Crippen LogP contribution in [0.2, 0.25) is 0 Å². The summed E-state index contributed by atoms with van der Waals surface area (Å²) in [6.45, 7) is 4.02. The zero-order valence-electron chi connectivity index (χ0n) is 10.7. The van der Waals surface area contributed by atoms with Gasteiger partial charge in [0, 0.05) is 23.7 Å². The summed E-state index contributed by atoms with van der Waals surface area (Å²) in [5, 5.41) is 22.0. The molecule has 1 heterocycles. The standard InChI is InChI=1S/C13H14N4O2/c1-9(2)14-13-7-6-12(15-16-13)10-4-3-5-11(8-10)17(18)19/h3-9H,1-2H3,(H,14,16). The number of nitro groups is 1. The van der Waals surface area contributed by atoms with E-state index in [1.807, 2.05) is 13.8 Å². The van der Waals surface area contributed by atoms with Gasteiger partial charge in [-0.15, -0.1) is 10.2 Å². The Morgan fingerprint density at radius 2 is 2.00 bits per heavy atom. The zero-order valence-corrected chi connectivity index (χ0v) is 10.7. The van der Waals surface area contributed by atoms with Crippen molar-refractivity contribution in [3.8, 4) is 11.3 Å². The van der Waals surface area contributed by atoms with E-state index in [0.29, 0.717) is 17.1 Å². The van der Waals surface area contributed by atoms with Crippen molar-refractivity contribution < 1.29 is 4.92 Å². The minimum absolute atomic E-state index is 0.0451. The Labute approximate surface area is 110 Å².